The van der Waals surface area contributed by atoms with Crippen molar-refractivity contribution >= 4 is 5.97 Å². The van der Waals surface area contributed by atoms with Crippen molar-refractivity contribution in [2.75, 3.05) is 26.4 Å². The zero-order valence-electron chi connectivity index (χ0n) is 48.7. The number of carbonyl (C=O) groups is 1. The lowest BCUT2D eigenvalue weighted by molar-refractivity contribution is -0.305. The van der Waals surface area contributed by atoms with Crippen LogP contribution in [-0.2, 0) is 23.7 Å². The van der Waals surface area contributed by atoms with Crippen LogP contribution in [0, 0.1) is 0 Å². The highest BCUT2D eigenvalue weighted by Crippen LogP contribution is 2.23. The Morgan fingerprint density at radius 3 is 0.973 bits per heavy atom. The van der Waals surface area contributed by atoms with Crippen LogP contribution in [0.15, 0.2) is 0 Å². The maximum atomic E-state index is 12.9. The van der Waals surface area contributed by atoms with Gasteiger partial charge in [0.1, 0.15) is 30.5 Å². The largest absolute Gasteiger partial charge is 0.457 e. The smallest absolute Gasteiger partial charge is 0.306 e. The average Bonchev–Trinajstić information content (AvgIpc) is 3.39. The maximum Gasteiger partial charge on any atom is 0.306 e. The van der Waals surface area contributed by atoms with E-state index in [9.17, 15) is 25.2 Å². The van der Waals surface area contributed by atoms with E-state index in [0.717, 1.165) is 32.1 Å². The molecule has 9 nitrogen and oxygen atoms in total. The summed E-state index contributed by atoms with van der Waals surface area (Å²) in [6.45, 7) is 4.66. The Balaban J connectivity index is 2.07. The van der Waals surface area contributed by atoms with Gasteiger partial charge in [-0.2, -0.15) is 0 Å². The normalized spacial score (nSPS) is 18.5. The van der Waals surface area contributed by atoms with Gasteiger partial charge in [0.15, 0.2) is 6.29 Å². The molecule has 0 aromatic heterocycles. The first-order chi connectivity index (χ1) is 35.9. The number of aliphatic hydroxyl groups excluding tert-OH is 4. The number of rotatable bonds is 59. The zero-order chi connectivity index (χ0) is 52.8. The molecule has 0 saturated carbocycles. The van der Waals surface area contributed by atoms with Gasteiger partial charge in [0, 0.05) is 13.0 Å². The third kappa shape index (κ3) is 45.9. The van der Waals surface area contributed by atoms with Gasteiger partial charge in [0.25, 0.3) is 0 Å². The van der Waals surface area contributed by atoms with Crippen molar-refractivity contribution in [3.63, 3.8) is 0 Å². The zero-order valence-corrected chi connectivity index (χ0v) is 48.7. The lowest BCUT2D eigenvalue weighted by atomic mass is 9.99. The molecule has 4 N–H and O–H groups in total. The molecular weight excluding hydrogens is 913 g/mol. The third-order valence-corrected chi connectivity index (χ3v) is 15.8. The second-order valence-corrected chi connectivity index (χ2v) is 22.9. The molecule has 0 bridgehead atoms. The maximum absolute atomic E-state index is 12.9. The molecule has 1 aliphatic heterocycles. The fourth-order valence-electron chi connectivity index (χ4n) is 10.7. The number of hydrogen-bond donors (Lipinski definition) is 4. The van der Waals surface area contributed by atoms with Crippen LogP contribution in [-0.4, -0.2) is 89.6 Å². The molecule has 0 aromatic carbocycles. The fraction of sp³-hybridized carbons (Fsp3) is 0.984. The van der Waals surface area contributed by atoms with Gasteiger partial charge in [-0.3, -0.25) is 4.79 Å². The molecule has 0 aromatic rings. The topological polar surface area (TPSA) is 135 Å². The van der Waals surface area contributed by atoms with Gasteiger partial charge in [-0.25, -0.2) is 0 Å². The van der Waals surface area contributed by atoms with Gasteiger partial charge < -0.3 is 39.4 Å². The van der Waals surface area contributed by atoms with Crippen LogP contribution in [0.4, 0.5) is 0 Å². The first-order valence-electron chi connectivity index (χ1n) is 32.6. The van der Waals surface area contributed by atoms with Crippen molar-refractivity contribution in [2.45, 2.75) is 378 Å². The van der Waals surface area contributed by atoms with Gasteiger partial charge in [-0.05, 0) is 12.8 Å². The number of ether oxygens (including phenoxy) is 4. The van der Waals surface area contributed by atoms with Crippen molar-refractivity contribution in [1.29, 1.82) is 0 Å². The standard InChI is InChI=1S/C64H126O9/c1-3-5-7-9-11-13-15-17-19-21-23-25-27-29-30-32-34-36-38-40-42-44-46-48-50-52-54-70-56-58(57-71-64-63(69)62(68)61(67)59(55-65)73-64)72-60(66)53-51-49-47-45-43-41-39-37-35-33-31-28-26-24-22-20-18-16-14-12-10-8-6-4-2/h58-59,61-65,67-69H,3-57H2,1-2H3. The van der Waals surface area contributed by atoms with Gasteiger partial charge in [-0.15, -0.1) is 0 Å². The van der Waals surface area contributed by atoms with Crippen molar-refractivity contribution in [3.05, 3.63) is 0 Å². The molecule has 73 heavy (non-hydrogen) atoms. The molecule has 1 saturated heterocycles. The average molecular weight is 1040 g/mol. The lowest BCUT2D eigenvalue weighted by Crippen LogP contribution is -2.59. The SMILES string of the molecule is CCCCCCCCCCCCCCCCCCCCCCCCCCCCOCC(COC1OC(CO)C(O)C(O)C1O)OC(=O)CCCCCCCCCCCCCCCCCCCCCCCCCC. The highest BCUT2D eigenvalue weighted by molar-refractivity contribution is 5.69. The van der Waals surface area contributed by atoms with Crippen molar-refractivity contribution in [1.82, 2.24) is 0 Å². The Kier molecular flexibility index (Phi) is 53.8. The second-order valence-electron chi connectivity index (χ2n) is 22.9. The van der Waals surface area contributed by atoms with Crippen LogP contribution < -0.4 is 0 Å². The van der Waals surface area contributed by atoms with Gasteiger partial charge in [-0.1, -0.05) is 322 Å². The molecule has 6 atom stereocenters. The summed E-state index contributed by atoms with van der Waals surface area (Å²) in [7, 11) is 0. The van der Waals surface area contributed by atoms with Crippen LogP contribution in [0.3, 0.4) is 0 Å². The predicted molar refractivity (Wildman–Crippen MR) is 307 cm³/mol. The molecule has 0 amide bonds. The molecule has 436 valence electrons. The predicted octanol–water partition coefficient (Wildman–Crippen LogP) is 17.7. The van der Waals surface area contributed by atoms with E-state index in [2.05, 4.69) is 13.8 Å². The monoisotopic (exact) mass is 1040 g/mol. The Morgan fingerprint density at radius 1 is 0.384 bits per heavy atom. The summed E-state index contributed by atoms with van der Waals surface area (Å²) >= 11 is 0. The molecule has 1 rings (SSSR count). The minimum absolute atomic E-state index is 0.104. The van der Waals surface area contributed by atoms with E-state index in [4.69, 9.17) is 18.9 Å². The summed E-state index contributed by atoms with van der Waals surface area (Å²) < 4.78 is 23.1. The quantitative estimate of drug-likeness (QED) is 0.0347. The summed E-state index contributed by atoms with van der Waals surface area (Å²) in [5, 5.41) is 40.4. The van der Waals surface area contributed by atoms with Gasteiger partial charge >= 0.3 is 5.97 Å². The van der Waals surface area contributed by atoms with E-state index in [1.807, 2.05) is 0 Å². The highest BCUT2D eigenvalue weighted by atomic mass is 16.7. The Hall–Kier alpha value is -0.810. The Labute approximate surface area is 453 Å². The van der Waals surface area contributed by atoms with E-state index in [-0.39, 0.29) is 19.2 Å². The molecular formula is C64H126O9. The number of esters is 1. The highest BCUT2D eigenvalue weighted by Gasteiger charge is 2.44. The minimum Gasteiger partial charge on any atom is -0.457 e. The lowest BCUT2D eigenvalue weighted by Gasteiger charge is -2.39. The van der Waals surface area contributed by atoms with E-state index in [1.54, 1.807) is 0 Å². The Morgan fingerprint density at radius 2 is 0.671 bits per heavy atom. The first-order valence-corrected chi connectivity index (χ1v) is 32.6. The minimum atomic E-state index is -1.53. The summed E-state index contributed by atoms with van der Waals surface area (Å²) in [5.74, 6) is -0.301. The first kappa shape index (κ1) is 70.2. The third-order valence-electron chi connectivity index (χ3n) is 15.8. The molecule has 1 heterocycles. The van der Waals surface area contributed by atoms with E-state index in [0.29, 0.717) is 13.0 Å². The van der Waals surface area contributed by atoms with Crippen LogP contribution >= 0.6 is 0 Å². The molecule has 0 spiro atoms. The van der Waals surface area contributed by atoms with Crippen LogP contribution in [0.2, 0.25) is 0 Å². The van der Waals surface area contributed by atoms with Gasteiger partial charge in [0.2, 0.25) is 0 Å². The summed E-state index contributed by atoms with van der Waals surface area (Å²) in [6, 6.07) is 0. The summed E-state index contributed by atoms with van der Waals surface area (Å²) in [5.41, 5.74) is 0. The fourth-order valence-corrected chi connectivity index (χ4v) is 10.7. The van der Waals surface area contributed by atoms with Gasteiger partial charge in [0.05, 0.1) is 19.8 Å². The summed E-state index contributed by atoms with van der Waals surface area (Å²) in [6.07, 6.45) is 60.4. The van der Waals surface area contributed by atoms with Crippen molar-refractivity contribution in [3.8, 4) is 0 Å². The Bertz CT molecular complexity index is 1090. The molecule has 0 aliphatic carbocycles. The van der Waals surface area contributed by atoms with Crippen LogP contribution in [0.1, 0.15) is 341 Å². The number of aliphatic hydroxyl groups is 4. The van der Waals surface area contributed by atoms with Crippen molar-refractivity contribution < 1.29 is 44.2 Å². The molecule has 1 fully saturated rings. The summed E-state index contributed by atoms with van der Waals surface area (Å²) in [4.78, 5) is 12.9. The molecule has 0 radical (unpaired) electrons. The number of carbonyl (C=O) groups excluding carboxylic acids is 1. The molecule has 9 heteroatoms. The molecule has 1 aliphatic rings. The van der Waals surface area contributed by atoms with Crippen molar-refractivity contribution in [2.24, 2.45) is 0 Å². The van der Waals surface area contributed by atoms with E-state index < -0.39 is 43.4 Å². The molecule has 6 unspecified atom stereocenters. The van der Waals surface area contributed by atoms with E-state index >= 15 is 0 Å². The van der Waals surface area contributed by atoms with Crippen LogP contribution in [0.25, 0.3) is 0 Å². The number of hydrogen-bond acceptors (Lipinski definition) is 9. The van der Waals surface area contributed by atoms with Crippen LogP contribution in [0.5, 0.6) is 0 Å². The van der Waals surface area contributed by atoms with E-state index in [1.165, 1.54) is 289 Å². The number of unbranched alkanes of at least 4 members (excludes halogenated alkanes) is 48. The second kappa shape index (κ2) is 55.9.